The molecule has 150 valence electrons. The van der Waals surface area contributed by atoms with Crippen LogP contribution in [0.5, 0.6) is 0 Å². The summed E-state index contributed by atoms with van der Waals surface area (Å²) in [6, 6.07) is 0. The highest BCUT2D eigenvalue weighted by Crippen LogP contribution is 2.17. The largest absolute Gasteiger partial charge is 0.369 e. The van der Waals surface area contributed by atoms with Gasteiger partial charge in [-0.15, -0.1) is 0 Å². The zero-order valence-electron chi connectivity index (χ0n) is 15.9. The first kappa shape index (κ1) is 23.3. The molecule has 0 aromatic carbocycles. The van der Waals surface area contributed by atoms with E-state index in [1.54, 1.807) is 50.0 Å². The summed E-state index contributed by atoms with van der Waals surface area (Å²) in [4.78, 5) is 19.2. The number of aromatic nitrogens is 2. The van der Waals surface area contributed by atoms with Crippen molar-refractivity contribution in [3.63, 3.8) is 0 Å². The third-order valence-corrected chi connectivity index (χ3v) is 5.41. The van der Waals surface area contributed by atoms with Gasteiger partial charge >= 0.3 is 0 Å². The van der Waals surface area contributed by atoms with Crippen molar-refractivity contribution in [3.05, 3.63) is 23.8 Å². The lowest BCUT2D eigenvalue weighted by Gasteiger charge is -2.14. The molecule has 0 aliphatic rings. The highest BCUT2D eigenvalue weighted by atomic mass is 32.2. The average molecular weight is 421 g/mol. The molecule has 0 amide bonds. The molecule has 0 saturated heterocycles. The van der Waals surface area contributed by atoms with Gasteiger partial charge < -0.3 is 11.5 Å². The molecule has 4 N–H and O–H groups in total. The van der Waals surface area contributed by atoms with Gasteiger partial charge in [-0.3, -0.25) is 20.0 Å². The number of aliphatic imine (C=N–C) groups is 2. The van der Waals surface area contributed by atoms with Crippen molar-refractivity contribution in [2.45, 2.75) is 11.5 Å². The fourth-order valence-corrected chi connectivity index (χ4v) is 3.74. The molecule has 0 aliphatic heterocycles. The smallest absolute Gasteiger partial charge is 0.204 e. The van der Waals surface area contributed by atoms with Gasteiger partial charge in [-0.1, -0.05) is 0 Å². The second-order valence-electron chi connectivity index (χ2n) is 5.22. The first-order valence-electron chi connectivity index (χ1n) is 8.30. The number of hydrogen-bond acceptors (Lipinski definition) is 8. The molecule has 0 spiro atoms. The van der Waals surface area contributed by atoms with E-state index < -0.39 is 0 Å². The van der Waals surface area contributed by atoms with Gasteiger partial charge in [0, 0.05) is 62.6 Å². The molecule has 10 nitrogen and oxygen atoms in total. The van der Waals surface area contributed by atoms with E-state index >= 15 is 0 Å². The van der Waals surface area contributed by atoms with Crippen LogP contribution < -0.4 is 11.5 Å². The SMILES string of the molecule is CN=C(N)N(C#N)CCSCc1nccnc1CSCCN(C#N)C(N)=NC. The van der Waals surface area contributed by atoms with E-state index in [1.165, 1.54) is 9.80 Å². The standard InChI is InChI=1S/C16H24N10S2/c1-21-15(19)25(11-17)5-7-27-9-13-14(24-4-3-23-13)10-28-8-6-26(12-18)16(20)22-2/h3-4H,5-10H2,1-2H3,(H2,19,21)(H2,20,22). The maximum Gasteiger partial charge on any atom is 0.204 e. The quantitative estimate of drug-likeness (QED) is 0.178. The second kappa shape index (κ2) is 13.5. The van der Waals surface area contributed by atoms with E-state index in [0.29, 0.717) is 36.1 Å². The summed E-state index contributed by atoms with van der Waals surface area (Å²) in [5.74, 6) is 3.21. The van der Waals surface area contributed by atoms with Crippen molar-refractivity contribution in [1.82, 2.24) is 19.8 Å². The van der Waals surface area contributed by atoms with Gasteiger partial charge in [0.15, 0.2) is 12.4 Å². The van der Waals surface area contributed by atoms with E-state index in [-0.39, 0.29) is 11.9 Å². The van der Waals surface area contributed by atoms with Gasteiger partial charge in [-0.05, 0) is 0 Å². The minimum absolute atomic E-state index is 0.208. The van der Waals surface area contributed by atoms with Gasteiger partial charge in [-0.2, -0.15) is 34.0 Å². The van der Waals surface area contributed by atoms with Crippen LogP contribution in [0.15, 0.2) is 22.4 Å². The minimum Gasteiger partial charge on any atom is -0.369 e. The summed E-state index contributed by atoms with van der Waals surface area (Å²) in [5.41, 5.74) is 13.1. The van der Waals surface area contributed by atoms with Crippen LogP contribution in [-0.2, 0) is 11.5 Å². The summed E-state index contributed by atoms with van der Waals surface area (Å²) in [5, 5.41) is 18.1. The molecule has 0 saturated carbocycles. The molecule has 0 bridgehead atoms. The minimum atomic E-state index is 0.208. The first-order valence-corrected chi connectivity index (χ1v) is 10.6. The number of thioether (sulfide) groups is 2. The van der Waals surface area contributed by atoms with Crippen molar-refractivity contribution >= 4 is 35.4 Å². The predicted octanol–water partition coefficient (Wildman–Crippen LogP) is 0.398. The highest BCUT2D eigenvalue weighted by Gasteiger charge is 2.10. The molecular formula is C16H24N10S2. The molecule has 0 fully saturated rings. The Labute approximate surface area is 173 Å². The Morgan fingerprint density at radius 2 is 1.32 bits per heavy atom. The van der Waals surface area contributed by atoms with Gasteiger partial charge in [0.05, 0.1) is 11.4 Å². The Morgan fingerprint density at radius 1 is 0.929 bits per heavy atom. The van der Waals surface area contributed by atoms with Crippen molar-refractivity contribution in [2.24, 2.45) is 21.5 Å². The highest BCUT2D eigenvalue weighted by molar-refractivity contribution is 7.98. The van der Waals surface area contributed by atoms with Crippen LogP contribution in [0.25, 0.3) is 0 Å². The summed E-state index contributed by atoms with van der Waals surface area (Å²) < 4.78 is 0. The Bertz CT molecular complexity index is 690. The molecule has 1 rings (SSSR count). The van der Waals surface area contributed by atoms with Crippen LogP contribution in [0.3, 0.4) is 0 Å². The monoisotopic (exact) mass is 420 g/mol. The van der Waals surface area contributed by atoms with E-state index in [2.05, 4.69) is 20.0 Å². The predicted molar refractivity (Wildman–Crippen MR) is 114 cm³/mol. The lowest BCUT2D eigenvalue weighted by molar-refractivity contribution is 0.605. The number of nitriles is 2. The number of nitrogens with zero attached hydrogens (tertiary/aromatic N) is 8. The number of rotatable bonds is 10. The van der Waals surface area contributed by atoms with Crippen LogP contribution in [0.1, 0.15) is 11.4 Å². The third-order valence-electron chi connectivity index (χ3n) is 3.51. The molecule has 0 aliphatic carbocycles. The topological polar surface area (TPSA) is 157 Å². The van der Waals surface area contributed by atoms with Crippen molar-refractivity contribution in [2.75, 3.05) is 38.7 Å². The molecule has 1 aromatic heterocycles. The molecule has 0 unspecified atom stereocenters. The van der Waals surface area contributed by atoms with Gasteiger partial charge in [-0.25, -0.2) is 9.80 Å². The average Bonchev–Trinajstić information content (AvgIpc) is 2.73. The fourth-order valence-electron chi connectivity index (χ4n) is 1.96. The zero-order valence-corrected chi connectivity index (χ0v) is 17.6. The van der Waals surface area contributed by atoms with Crippen LogP contribution in [0, 0.1) is 22.9 Å². The lowest BCUT2D eigenvalue weighted by atomic mass is 10.3. The molecule has 1 heterocycles. The van der Waals surface area contributed by atoms with Gasteiger partial charge in [0.25, 0.3) is 0 Å². The summed E-state index contributed by atoms with van der Waals surface area (Å²) >= 11 is 3.30. The Kier molecular flexibility index (Phi) is 11.2. The van der Waals surface area contributed by atoms with Crippen LogP contribution in [0.4, 0.5) is 0 Å². The number of hydrogen-bond donors (Lipinski definition) is 2. The second-order valence-corrected chi connectivity index (χ2v) is 7.43. The van der Waals surface area contributed by atoms with Crippen LogP contribution >= 0.6 is 23.5 Å². The molecule has 1 aromatic rings. The van der Waals surface area contributed by atoms with E-state index in [0.717, 1.165) is 11.4 Å². The Hall–Kier alpha value is -2.70. The number of guanidine groups is 2. The molecule has 0 atom stereocenters. The number of nitrogens with two attached hydrogens (primary N) is 2. The lowest BCUT2D eigenvalue weighted by Crippen LogP contribution is -2.35. The third kappa shape index (κ3) is 7.90. The Balaban J connectivity index is 2.46. The first-order chi connectivity index (χ1) is 13.6. The van der Waals surface area contributed by atoms with Crippen LogP contribution in [-0.4, -0.2) is 70.4 Å². The normalized spacial score (nSPS) is 11.6. The Morgan fingerprint density at radius 3 is 1.64 bits per heavy atom. The van der Waals surface area contributed by atoms with Gasteiger partial charge in [0.2, 0.25) is 11.9 Å². The van der Waals surface area contributed by atoms with Gasteiger partial charge in [0.1, 0.15) is 0 Å². The summed E-state index contributed by atoms with van der Waals surface area (Å²) in [7, 11) is 3.10. The van der Waals surface area contributed by atoms with E-state index in [1.807, 2.05) is 12.4 Å². The maximum atomic E-state index is 9.06. The van der Waals surface area contributed by atoms with Crippen LogP contribution in [0.2, 0.25) is 0 Å². The van der Waals surface area contributed by atoms with Crippen molar-refractivity contribution in [3.8, 4) is 12.4 Å². The van der Waals surface area contributed by atoms with Crippen molar-refractivity contribution in [1.29, 1.82) is 10.5 Å². The molecule has 12 heteroatoms. The summed E-state index contributed by atoms with van der Waals surface area (Å²) in [6.07, 6.45) is 7.36. The maximum absolute atomic E-state index is 9.06. The van der Waals surface area contributed by atoms with Crippen molar-refractivity contribution < 1.29 is 0 Å². The molecule has 0 radical (unpaired) electrons. The molecular weight excluding hydrogens is 396 g/mol. The zero-order chi connectivity index (χ0) is 20.8. The molecule has 28 heavy (non-hydrogen) atoms. The fraction of sp³-hybridized carbons (Fsp3) is 0.500. The van der Waals surface area contributed by atoms with E-state index in [9.17, 15) is 0 Å². The summed E-state index contributed by atoms with van der Waals surface area (Å²) in [6.45, 7) is 0.970. The van der Waals surface area contributed by atoms with E-state index in [4.69, 9.17) is 22.0 Å².